The second kappa shape index (κ2) is 4.19. The highest BCUT2D eigenvalue weighted by atomic mass is 16.3. The lowest BCUT2D eigenvalue weighted by molar-refractivity contribution is -0.105. The molecule has 0 bridgehead atoms. The van der Waals surface area contributed by atoms with Gasteiger partial charge in [-0.3, -0.25) is 0 Å². The minimum Gasteiger partial charge on any atom is -0.389 e. The van der Waals surface area contributed by atoms with Crippen LogP contribution in [0.3, 0.4) is 0 Å². The SMILES string of the molecule is CCC(C)(CN)C1(O)CCC(C)CC1. The molecule has 1 saturated carbocycles. The van der Waals surface area contributed by atoms with Crippen molar-refractivity contribution in [2.45, 2.75) is 58.5 Å². The van der Waals surface area contributed by atoms with Gasteiger partial charge in [-0.1, -0.05) is 20.8 Å². The first-order valence-corrected chi connectivity index (χ1v) is 5.90. The van der Waals surface area contributed by atoms with Crippen molar-refractivity contribution < 1.29 is 5.11 Å². The zero-order valence-electron chi connectivity index (χ0n) is 9.84. The third-order valence-corrected chi connectivity index (χ3v) is 4.46. The Kier molecular flexibility index (Phi) is 3.59. The van der Waals surface area contributed by atoms with Crippen LogP contribution in [0.4, 0.5) is 0 Å². The summed E-state index contributed by atoms with van der Waals surface area (Å²) < 4.78 is 0. The maximum Gasteiger partial charge on any atom is 0.0713 e. The van der Waals surface area contributed by atoms with E-state index in [4.69, 9.17) is 5.73 Å². The van der Waals surface area contributed by atoms with Crippen LogP contribution in [0.15, 0.2) is 0 Å². The van der Waals surface area contributed by atoms with Gasteiger partial charge in [0.1, 0.15) is 0 Å². The van der Waals surface area contributed by atoms with Gasteiger partial charge in [0.25, 0.3) is 0 Å². The summed E-state index contributed by atoms with van der Waals surface area (Å²) in [7, 11) is 0. The van der Waals surface area contributed by atoms with Gasteiger partial charge in [0.15, 0.2) is 0 Å². The zero-order chi connectivity index (χ0) is 10.8. The van der Waals surface area contributed by atoms with Crippen molar-refractivity contribution in [2.75, 3.05) is 6.54 Å². The van der Waals surface area contributed by atoms with Gasteiger partial charge in [-0.15, -0.1) is 0 Å². The fraction of sp³-hybridized carbons (Fsp3) is 1.00. The Bertz CT molecular complexity index is 179. The second-order valence-corrected chi connectivity index (χ2v) is 5.33. The topological polar surface area (TPSA) is 46.2 Å². The number of hydrogen-bond acceptors (Lipinski definition) is 2. The van der Waals surface area contributed by atoms with E-state index in [0.717, 1.165) is 38.0 Å². The molecule has 1 fully saturated rings. The van der Waals surface area contributed by atoms with E-state index < -0.39 is 5.60 Å². The molecule has 0 amide bonds. The highest BCUT2D eigenvalue weighted by Gasteiger charge is 2.45. The average molecular weight is 199 g/mol. The normalized spacial score (nSPS) is 37.9. The summed E-state index contributed by atoms with van der Waals surface area (Å²) in [6.45, 7) is 7.12. The smallest absolute Gasteiger partial charge is 0.0713 e. The predicted octanol–water partition coefficient (Wildman–Crippen LogP) is 2.30. The van der Waals surface area contributed by atoms with Gasteiger partial charge < -0.3 is 10.8 Å². The minimum atomic E-state index is -0.511. The first kappa shape index (κ1) is 12.0. The Labute approximate surface area is 87.9 Å². The number of aliphatic hydroxyl groups is 1. The molecule has 0 aromatic carbocycles. The van der Waals surface area contributed by atoms with Gasteiger partial charge in [0, 0.05) is 12.0 Å². The molecule has 1 aliphatic rings. The van der Waals surface area contributed by atoms with Crippen LogP contribution in [0.5, 0.6) is 0 Å². The van der Waals surface area contributed by atoms with Crippen LogP contribution in [0, 0.1) is 11.3 Å². The van der Waals surface area contributed by atoms with Crippen LogP contribution in [0.1, 0.15) is 52.9 Å². The third kappa shape index (κ3) is 1.96. The third-order valence-electron chi connectivity index (χ3n) is 4.46. The molecule has 0 aromatic heterocycles. The van der Waals surface area contributed by atoms with E-state index in [9.17, 15) is 5.11 Å². The average Bonchev–Trinajstić information content (AvgIpc) is 2.21. The fourth-order valence-corrected chi connectivity index (χ4v) is 2.51. The van der Waals surface area contributed by atoms with Gasteiger partial charge in [0.2, 0.25) is 0 Å². The molecule has 2 heteroatoms. The summed E-state index contributed by atoms with van der Waals surface area (Å²) in [5, 5.41) is 10.6. The first-order chi connectivity index (χ1) is 6.47. The quantitative estimate of drug-likeness (QED) is 0.732. The van der Waals surface area contributed by atoms with E-state index in [0.29, 0.717) is 6.54 Å². The van der Waals surface area contributed by atoms with Crippen LogP contribution in [-0.2, 0) is 0 Å². The molecule has 0 saturated heterocycles. The van der Waals surface area contributed by atoms with E-state index in [1.165, 1.54) is 0 Å². The second-order valence-electron chi connectivity index (χ2n) is 5.33. The minimum absolute atomic E-state index is 0.0901. The predicted molar refractivity (Wildman–Crippen MR) is 60.0 cm³/mol. The highest BCUT2D eigenvalue weighted by molar-refractivity contribution is 4.98. The van der Waals surface area contributed by atoms with Crippen LogP contribution >= 0.6 is 0 Å². The number of rotatable bonds is 3. The summed E-state index contributed by atoms with van der Waals surface area (Å²) >= 11 is 0. The Morgan fingerprint density at radius 1 is 1.43 bits per heavy atom. The van der Waals surface area contributed by atoms with Crippen molar-refractivity contribution >= 4 is 0 Å². The van der Waals surface area contributed by atoms with Crippen molar-refractivity contribution in [3.63, 3.8) is 0 Å². The molecule has 0 spiro atoms. The van der Waals surface area contributed by atoms with Crippen molar-refractivity contribution in [2.24, 2.45) is 17.1 Å². The Morgan fingerprint density at radius 3 is 2.29 bits per heavy atom. The molecule has 84 valence electrons. The van der Waals surface area contributed by atoms with E-state index in [1.54, 1.807) is 0 Å². The van der Waals surface area contributed by atoms with Crippen LogP contribution < -0.4 is 5.73 Å². The van der Waals surface area contributed by atoms with E-state index in [1.807, 2.05) is 0 Å². The van der Waals surface area contributed by atoms with Crippen molar-refractivity contribution in [1.29, 1.82) is 0 Å². The van der Waals surface area contributed by atoms with Gasteiger partial charge in [-0.25, -0.2) is 0 Å². The molecule has 1 aliphatic carbocycles. The van der Waals surface area contributed by atoms with Crippen molar-refractivity contribution in [3.05, 3.63) is 0 Å². The molecule has 0 radical (unpaired) electrons. The lowest BCUT2D eigenvalue weighted by atomic mass is 9.63. The molecular weight excluding hydrogens is 174 g/mol. The van der Waals surface area contributed by atoms with Crippen LogP contribution in [0.25, 0.3) is 0 Å². The summed E-state index contributed by atoms with van der Waals surface area (Å²) in [5.41, 5.74) is 5.21. The Hall–Kier alpha value is -0.0800. The maximum atomic E-state index is 10.6. The lowest BCUT2D eigenvalue weighted by Gasteiger charge is -2.47. The fourth-order valence-electron chi connectivity index (χ4n) is 2.51. The molecule has 1 rings (SSSR count). The van der Waals surface area contributed by atoms with Gasteiger partial charge in [0.05, 0.1) is 5.60 Å². The highest BCUT2D eigenvalue weighted by Crippen LogP contribution is 2.45. The van der Waals surface area contributed by atoms with Crippen molar-refractivity contribution in [1.82, 2.24) is 0 Å². The van der Waals surface area contributed by atoms with E-state index >= 15 is 0 Å². The summed E-state index contributed by atoms with van der Waals surface area (Å²) in [4.78, 5) is 0. The first-order valence-electron chi connectivity index (χ1n) is 5.90. The standard InChI is InChI=1S/C12H25NO/c1-4-11(3,9-13)12(14)7-5-10(2)6-8-12/h10,14H,4-9,13H2,1-3H3. The van der Waals surface area contributed by atoms with E-state index in [-0.39, 0.29) is 5.41 Å². The maximum absolute atomic E-state index is 10.6. The zero-order valence-corrected chi connectivity index (χ0v) is 9.84. The molecule has 3 N–H and O–H groups in total. The van der Waals surface area contributed by atoms with Gasteiger partial charge in [-0.2, -0.15) is 0 Å². The summed E-state index contributed by atoms with van der Waals surface area (Å²) in [5.74, 6) is 0.772. The monoisotopic (exact) mass is 199 g/mol. The molecule has 0 aromatic rings. The Balaban J connectivity index is 2.73. The summed E-state index contributed by atoms with van der Waals surface area (Å²) in [6.07, 6.45) is 5.11. The van der Waals surface area contributed by atoms with Crippen LogP contribution in [0.2, 0.25) is 0 Å². The van der Waals surface area contributed by atoms with Crippen molar-refractivity contribution in [3.8, 4) is 0 Å². The van der Waals surface area contributed by atoms with Gasteiger partial charge in [-0.05, 0) is 38.0 Å². The van der Waals surface area contributed by atoms with Gasteiger partial charge >= 0.3 is 0 Å². The molecule has 14 heavy (non-hydrogen) atoms. The molecule has 2 nitrogen and oxygen atoms in total. The number of nitrogens with two attached hydrogens (primary N) is 1. The largest absolute Gasteiger partial charge is 0.389 e. The molecule has 0 heterocycles. The number of hydrogen-bond donors (Lipinski definition) is 2. The van der Waals surface area contributed by atoms with Crippen LogP contribution in [-0.4, -0.2) is 17.3 Å². The Morgan fingerprint density at radius 2 is 1.93 bits per heavy atom. The lowest BCUT2D eigenvalue weighted by Crippen LogP contribution is -2.52. The van der Waals surface area contributed by atoms with E-state index in [2.05, 4.69) is 20.8 Å². The molecule has 1 atom stereocenters. The molecular formula is C12H25NO. The molecule has 0 aliphatic heterocycles. The summed E-state index contributed by atoms with van der Waals surface area (Å²) in [6, 6.07) is 0. The molecule has 1 unspecified atom stereocenters.